The molecule has 3 N–H and O–H groups in total. The van der Waals surface area contributed by atoms with Crippen molar-refractivity contribution in [2.45, 2.75) is 44.4 Å². The number of amides is 1. The van der Waals surface area contributed by atoms with E-state index in [-0.39, 0.29) is 36.4 Å². The van der Waals surface area contributed by atoms with Crippen molar-refractivity contribution >= 4 is 18.3 Å². The molecule has 4 atom stereocenters. The van der Waals surface area contributed by atoms with Gasteiger partial charge in [-0.3, -0.25) is 4.79 Å². The monoisotopic (exact) mass is 234 g/mol. The molecule has 0 aliphatic carbocycles. The zero-order valence-corrected chi connectivity index (χ0v) is 9.76. The van der Waals surface area contributed by atoms with Crippen LogP contribution in [0.1, 0.15) is 26.2 Å². The number of rotatable bonds is 3. The standard InChI is InChI=1S/C10H18N2O2.ClH/c1-6(5-11)12-10(13)8-4-7-2-3-9(8)14-7;/h6-9H,2-5,11H2,1H3,(H,12,13);1H/t6-,7-,8-,9+;/m1./s1. The van der Waals surface area contributed by atoms with Gasteiger partial charge in [-0.2, -0.15) is 0 Å². The fourth-order valence-electron chi connectivity index (χ4n) is 2.32. The van der Waals surface area contributed by atoms with Gasteiger partial charge in [0.25, 0.3) is 0 Å². The van der Waals surface area contributed by atoms with Crippen molar-refractivity contribution in [2.75, 3.05) is 6.54 Å². The van der Waals surface area contributed by atoms with Crippen LogP contribution in [-0.2, 0) is 9.53 Å². The zero-order valence-electron chi connectivity index (χ0n) is 8.94. The van der Waals surface area contributed by atoms with Gasteiger partial charge in [-0.1, -0.05) is 0 Å². The summed E-state index contributed by atoms with van der Waals surface area (Å²) in [5, 5.41) is 2.91. The number of hydrogen-bond donors (Lipinski definition) is 2. The smallest absolute Gasteiger partial charge is 0.226 e. The van der Waals surface area contributed by atoms with E-state index in [4.69, 9.17) is 10.5 Å². The van der Waals surface area contributed by atoms with Crippen LogP contribution in [-0.4, -0.2) is 30.7 Å². The Bertz CT molecular complexity index is 237. The molecule has 2 saturated heterocycles. The number of halogens is 1. The van der Waals surface area contributed by atoms with Crippen LogP contribution in [0.2, 0.25) is 0 Å². The minimum absolute atomic E-state index is 0. The SMILES string of the molecule is C[C@H](CN)NC(=O)[C@@H]1C[C@H]2CC[C@@H]1O2.Cl. The van der Waals surface area contributed by atoms with Crippen molar-refractivity contribution in [2.24, 2.45) is 11.7 Å². The lowest BCUT2D eigenvalue weighted by Gasteiger charge is -2.20. The molecule has 0 unspecified atom stereocenters. The lowest BCUT2D eigenvalue weighted by Crippen LogP contribution is -2.43. The first kappa shape index (κ1) is 12.7. The Hall–Kier alpha value is -0.320. The van der Waals surface area contributed by atoms with Crippen LogP contribution in [0.3, 0.4) is 0 Å². The molecule has 2 rings (SSSR count). The Morgan fingerprint density at radius 2 is 2.33 bits per heavy atom. The highest BCUT2D eigenvalue weighted by Crippen LogP contribution is 2.38. The largest absolute Gasteiger partial charge is 0.374 e. The van der Waals surface area contributed by atoms with Crippen LogP contribution in [0, 0.1) is 5.92 Å². The van der Waals surface area contributed by atoms with Crippen LogP contribution in [0.15, 0.2) is 0 Å². The maximum atomic E-state index is 11.8. The number of carbonyl (C=O) groups is 1. The summed E-state index contributed by atoms with van der Waals surface area (Å²) in [5.41, 5.74) is 5.45. The number of nitrogens with two attached hydrogens (primary N) is 1. The van der Waals surface area contributed by atoms with E-state index in [1.165, 1.54) is 0 Å². The highest BCUT2D eigenvalue weighted by atomic mass is 35.5. The fraction of sp³-hybridized carbons (Fsp3) is 0.900. The minimum atomic E-state index is 0. The highest BCUT2D eigenvalue weighted by Gasteiger charge is 2.44. The van der Waals surface area contributed by atoms with Crippen LogP contribution < -0.4 is 11.1 Å². The lowest BCUT2D eigenvalue weighted by atomic mass is 9.88. The first-order chi connectivity index (χ1) is 6.70. The van der Waals surface area contributed by atoms with Crippen molar-refractivity contribution in [1.82, 2.24) is 5.32 Å². The summed E-state index contributed by atoms with van der Waals surface area (Å²) in [6.45, 7) is 2.42. The third kappa shape index (κ3) is 2.62. The highest BCUT2D eigenvalue weighted by molar-refractivity contribution is 5.85. The molecule has 2 aliphatic rings. The summed E-state index contributed by atoms with van der Waals surface area (Å²) >= 11 is 0. The molecule has 0 radical (unpaired) electrons. The van der Waals surface area contributed by atoms with Gasteiger partial charge in [0.15, 0.2) is 0 Å². The normalized spacial score (nSPS) is 34.7. The Morgan fingerprint density at radius 3 is 2.80 bits per heavy atom. The summed E-state index contributed by atoms with van der Waals surface area (Å²) < 4.78 is 5.63. The number of carbonyl (C=O) groups excluding carboxylic acids is 1. The van der Waals surface area contributed by atoms with Gasteiger partial charge in [0.1, 0.15) is 0 Å². The van der Waals surface area contributed by atoms with Gasteiger partial charge in [0, 0.05) is 12.6 Å². The molecule has 5 heteroatoms. The van der Waals surface area contributed by atoms with E-state index in [0.29, 0.717) is 12.6 Å². The third-order valence-electron chi connectivity index (χ3n) is 3.18. The molecule has 0 aromatic carbocycles. The Labute approximate surface area is 96.3 Å². The average Bonchev–Trinajstić information content (AvgIpc) is 2.78. The summed E-state index contributed by atoms with van der Waals surface area (Å²) in [4.78, 5) is 11.8. The van der Waals surface area contributed by atoms with Crippen molar-refractivity contribution in [3.05, 3.63) is 0 Å². The molecule has 0 saturated carbocycles. The van der Waals surface area contributed by atoms with E-state index in [1.807, 2.05) is 6.92 Å². The van der Waals surface area contributed by atoms with Crippen molar-refractivity contribution in [3.8, 4) is 0 Å². The molecule has 0 spiro atoms. The summed E-state index contributed by atoms with van der Waals surface area (Å²) in [6, 6.07) is 0.0710. The van der Waals surface area contributed by atoms with E-state index in [2.05, 4.69) is 5.32 Å². The van der Waals surface area contributed by atoms with Crippen LogP contribution in [0.25, 0.3) is 0 Å². The van der Waals surface area contributed by atoms with E-state index in [9.17, 15) is 4.79 Å². The summed E-state index contributed by atoms with van der Waals surface area (Å²) in [5.74, 6) is 0.193. The minimum Gasteiger partial charge on any atom is -0.374 e. The molecule has 0 aromatic heterocycles. The first-order valence-electron chi connectivity index (χ1n) is 5.36. The molecule has 1 amide bonds. The molecule has 2 fully saturated rings. The Kier molecular flexibility index (Phi) is 4.37. The van der Waals surface area contributed by atoms with Crippen molar-refractivity contribution < 1.29 is 9.53 Å². The van der Waals surface area contributed by atoms with Gasteiger partial charge < -0.3 is 15.8 Å². The first-order valence-corrected chi connectivity index (χ1v) is 5.36. The number of ether oxygens (including phenoxy) is 1. The topological polar surface area (TPSA) is 64.3 Å². The van der Waals surface area contributed by atoms with E-state index in [1.54, 1.807) is 0 Å². The number of fused-ring (bicyclic) bond motifs is 2. The van der Waals surface area contributed by atoms with Gasteiger partial charge >= 0.3 is 0 Å². The fourth-order valence-corrected chi connectivity index (χ4v) is 2.32. The maximum Gasteiger partial charge on any atom is 0.226 e. The zero-order chi connectivity index (χ0) is 10.1. The Morgan fingerprint density at radius 1 is 1.60 bits per heavy atom. The van der Waals surface area contributed by atoms with E-state index in [0.717, 1.165) is 19.3 Å². The molecule has 15 heavy (non-hydrogen) atoms. The van der Waals surface area contributed by atoms with Gasteiger partial charge in [-0.05, 0) is 26.2 Å². The van der Waals surface area contributed by atoms with Gasteiger partial charge in [-0.25, -0.2) is 0 Å². The van der Waals surface area contributed by atoms with Gasteiger partial charge in [0.2, 0.25) is 5.91 Å². The molecule has 0 aromatic rings. The summed E-state index contributed by atoms with van der Waals surface area (Å²) in [7, 11) is 0. The average molecular weight is 235 g/mol. The molecule has 2 aliphatic heterocycles. The lowest BCUT2D eigenvalue weighted by molar-refractivity contribution is -0.127. The molecule has 2 bridgehead atoms. The number of nitrogens with one attached hydrogen (secondary N) is 1. The Balaban J connectivity index is 0.00000112. The predicted octanol–water partition coefficient (Wildman–Crippen LogP) is 0.439. The van der Waals surface area contributed by atoms with E-state index >= 15 is 0 Å². The molecule has 4 nitrogen and oxygen atoms in total. The number of hydrogen-bond acceptors (Lipinski definition) is 3. The van der Waals surface area contributed by atoms with Gasteiger partial charge in [0.05, 0.1) is 18.1 Å². The molecule has 2 heterocycles. The summed E-state index contributed by atoms with van der Waals surface area (Å²) in [6.07, 6.45) is 3.57. The second-order valence-electron chi connectivity index (χ2n) is 4.36. The van der Waals surface area contributed by atoms with Gasteiger partial charge in [-0.15, -0.1) is 12.4 Å². The third-order valence-corrected chi connectivity index (χ3v) is 3.18. The maximum absolute atomic E-state index is 11.8. The van der Waals surface area contributed by atoms with Crippen LogP contribution in [0.4, 0.5) is 0 Å². The molecule has 88 valence electrons. The van der Waals surface area contributed by atoms with E-state index < -0.39 is 0 Å². The van der Waals surface area contributed by atoms with Crippen molar-refractivity contribution in [3.63, 3.8) is 0 Å². The molecular formula is C10H19ClN2O2. The second-order valence-corrected chi connectivity index (χ2v) is 4.36. The van der Waals surface area contributed by atoms with Crippen molar-refractivity contribution in [1.29, 1.82) is 0 Å². The van der Waals surface area contributed by atoms with Crippen LogP contribution >= 0.6 is 12.4 Å². The molecular weight excluding hydrogens is 216 g/mol. The quantitative estimate of drug-likeness (QED) is 0.745. The predicted molar refractivity (Wildman–Crippen MR) is 59.9 cm³/mol. The second kappa shape index (κ2) is 5.14. The van der Waals surface area contributed by atoms with Crippen LogP contribution in [0.5, 0.6) is 0 Å².